The average Bonchev–Trinajstić information content (AvgIpc) is 2.80. The van der Waals surface area contributed by atoms with Gasteiger partial charge in [-0.15, -0.1) is 0 Å². The Bertz CT molecular complexity index is 1300. The molecule has 0 heterocycles. The van der Waals surface area contributed by atoms with Crippen LogP contribution in [0.15, 0.2) is 36.4 Å². The molecule has 210 valence electrons. The van der Waals surface area contributed by atoms with Crippen LogP contribution >= 0.6 is 0 Å². The fourth-order valence-corrected chi connectivity index (χ4v) is 2.75. The van der Waals surface area contributed by atoms with Crippen molar-refractivity contribution in [1.29, 1.82) is 0 Å². The fraction of sp³-hybridized carbons (Fsp3) is 0.360. The van der Waals surface area contributed by atoms with Crippen LogP contribution in [0.4, 0.5) is 11.4 Å². The largest absolute Gasteiger partial charge is 0.478 e. The Kier molecular flexibility index (Phi) is 10.4. The van der Waals surface area contributed by atoms with Gasteiger partial charge < -0.3 is 19.3 Å². The summed E-state index contributed by atoms with van der Waals surface area (Å²) in [5, 5.41) is 30.6. The zero-order valence-corrected chi connectivity index (χ0v) is 22.3. The lowest BCUT2D eigenvalue weighted by molar-refractivity contribution is -0.385. The van der Waals surface area contributed by atoms with E-state index in [-0.39, 0.29) is 22.3 Å². The first-order valence-corrected chi connectivity index (χ1v) is 11.1. The normalized spacial score (nSPS) is 10.8. The van der Waals surface area contributed by atoms with Crippen molar-refractivity contribution >= 4 is 35.3 Å². The Morgan fingerprint density at radius 1 is 0.692 bits per heavy atom. The number of nitro benzene ring substituents is 2. The maximum Gasteiger partial charge on any atom is 0.345 e. The molecule has 14 heteroatoms. The molecule has 1 N–H and O–H groups in total. The molecule has 0 fully saturated rings. The Morgan fingerprint density at radius 3 is 1.36 bits per heavy atom. The maximum atomic E-state index is 11.9. The molecule has 0 spiro atoms. The highest BCUT2D eigenvalue weighted by atomic mass is 16.6. The maximum absolute atomic E-state index is 11.9. The molecule has 0 saturated heterocycles. The summed E-state index contributed by atoms with van der Waals surface area (Å²) < 4.78 is 14.6. The van der Waals surface area contributed by atoms with Crippen molar-refractivity contribution in [3.05, 3.63) is 78.9 Å². The van der Waals surface area contributed by atoms with Crippen molar-refractivity contribution in [1.82, 2.24) is 0 Å². The van der Waals surface area contributed by atoms with E-state index in [2.05, 4.69) is 4.74 Å². The van der Waals surface area contributed by atoms with Crippen molar-refractivity contribution in [2.45, 2.75) is 52.7 Å². The van der Waals surface area contributed by atoms with Gasteiger partial charge in [0.15, 0.2) is 0 Å². The molecule has 0 aliphatic rings. The van der Waals surface area contributed by atoms with Gasteiger partial charge in [-0.05, 0) is 65.8 Å². The van der Waals surface area contributed by atoms with Crippen LogP contribution in [0.1, 0.15) is 83.0 Å². The number of rotatable bonds is 6. The van der Waals surface area contributed by atoms with Crippen LogP contribution in [0.2, 0.25) is 0 Å². The van der Waals surface area contributed by atoms with E-state index in [1.165, 1.54) is 12.1 Å². The molecule has 0 saturated carbocycles. The van der Waals surface area contributed by atoms with Gasteiger partial charge in [0.2, 0.25) is 0 Å². The van der Waals surface area contributed by atoms with Crippen LogP contribution in [-0.2, 0) is 14.2 Å². The van der Waals surface area contributed by atoms with Gasteiger partial charge in [-0.3, -0.25) is 20.2 Å². The van der Waals surface area contributed by atoms with Crippen molar-refractivity contribution < 1.29 is 48.3 Å². The zero-order chi connectivity index (χ0) is 30.3. The number of esters is 3. The molecule has 14 nitrogen and oxygen atoms in total. The summed E-state index contributed by atoms with van der Waals surface area (Å²) in [4.78, 5) is 66.1. The number of ether oxygens (including phenoxy) is 3. The summed E-state index contributed by atoms with van der Waals surface area (Å²) in [6.07, 6.45) is 0. The molecule has 2 rings (SSSR count). The van der Waals surface area contributed by atoms with Crippen LogP contribution in [0.5, 0.6) is 0 Å². The molecule has 0 radical (unpaired) electrons. The smallest absolute Gasteiger partial charge is 0.345 e. The van der Waals surface area contributed by atoms with Gasteiger partial charge in [0.05, 0.1) is 28.1 Å². The lowest BCUT2D eigenvalue weighted by atomic mass is 10.1. The molecule has 0 unspecified atom stereocenters. The van der Waals surface area contributed by atoms with E-state index in [1.807, 2.05) is 0 Å². The summed E-state index contributed by atoms with van der Waals surface area (Å²) in [7, 11) is 1.16. The number of carbonyl (C=O) groups is 4. The fourth-order valence-electron chi connectivity index (χ4n) is 2.75. The second kappa shape index (κ2) is 12.6. The van der Waals surface area contributed by atoms with E-state index in [4.69, 9.17) is 14.6 Å². The molecule has 0 aromatic heterocycles. The highest BCUT2D eigenvalue weighted by molar-refractivity contribution is 5.98. The lowest BCUT2D eigenvalue weighted by Crippen LogP contribution is -2.24. The number of carboxylic acids is 1. The van der Waals surface area contributed by atoms with E-state index in [0.717, 1.165) is 31.4 Å². The standard InChI is InChI=1S/C13H15NO6.C12H13NO6/c1-13(2,3)20-12(16)9-6-5-8(11(15)19-4)7-10(9)14(17)18;1-12(2,3)19-11(16)8-5-4-7(10(14)15)6-9(8)13(17)18/h5-7H,1-4H3;4-6H,1-3H3,(H,14,15). The van der Waals surface area contributed by atoms with Crippen molar-refractivity contribution in [2.75, 3.05) is 7.11 Å². The van der Waals surface area contributed by atoms with Crippen LogP contribution in [-0.4, -0.2) is 57.1 Å². The Morgan fingerprint density at radius 2 is 1.05 bits per heavy atom. The second-order valence-corrected chi connectivity index (χ2v) is 9.78. The second-order valence-electron chi connectivity index (χ2n) is 9.78. The summed E-state index contributed by atoms with van der Waals surface area (Å²) in [5.74, 6) is -3.71. The SMILES string of the molecule is CC(C)(C)OC(=O)c1ccc(C(=O)O)cc1[N+](=O)[O-].COC(=O)c1ccc(C(=O)OC(C)(C)C)c([N+](=O)[O-])c1. The van der Waals surface area contributed by atoms with Gasteiger partial charge in [0.1, 0.15) is 22.3 Å². The molecule has 0 atom stereocenters. The molecule has 0 amide bonds. The first-order chi connectivity index (χ1) is 17.8. The Labute approximate surface area is 222 Å². The summed E-state index contributed by atoms with van der Waals surface area (Å²) in [6, 6.07) is 6.48. The summed E-state index contributed by atoms with van der Waals surface area (Å²) >= 11 is 0. The van der Waals surface area contributed by atoms with E-state index in [9.17, 15) is 39.4 Å². The molecular weight excluding hydrogens is 520 g/mol. The summed E-state index contributed by atoms with van der Waals surface area (Å²) in [6.45, 7) is 9.84. The number of carbonyl (C=O) groups excluding carboxylic acids is 3. The number of nitro groups is 2. The first kappa shape index (κ1) is 32.1. The van der Waals surface area contributed by atoms with Crippen LogP contribution < -0.4 is 0 Å². The number of nitrogens with zero attached hydrogens (tertiary/aromatic N) is 2. The number of aromatic carboxylic acids is 1. The number of benzene rings is 2. The zero-order valence-electron chi connectivity index (χ0n) is 22.3. The Hall–Kier alpha value is -4.88. The molecule has 0 aliphatic carbocycles. The van der Waals surface area contributed by atoms with Crippen LogP contribution in [0.3, 0.4) is 0 Å². The van der Waals surface area contributed by atoms with Gasteiger partial charge in [0, 0.05) is 12.1 Å². The minimum Gasteiger partial charge on any atom is -0.478 e. The third-order valence-corrected chi connectivity index (χ3v) is 4.29. The minimum atomic E-state index is -1.31. The quantitative estimate of drug-likeness (QED) is 0.228. The van der Waals surface area contributed by atoms with Gasteiger partial charge in [0.25, 0.3) is 11.4 Å². The molecule has 0 aliphatic heterocycles. The van der Waals surface area contributed by atoms with Crippen LogP contribution in [0, 0.1) is 20.2 Å². The van der Waals surface area contributed by atoms with Gasteiger partial charge in [-0.1, -0.05) is 0 Å². The van der Waals surface area contributed by atoms with E-state index < -0.39 is 56.3 Å². The average molecular weight is 549 g/mol. The van der Waals surface area contributed by atoms with E-state index >= 15 is 0 Å². The van der Waals surface area contributed by atoms with E-state index in [0.29, 0.717) is 0 Å². The number of hydrogen-bond acceptors (Lipinski definition) is 11. The number of carboxylic acid groups (broad SMARTS) is 1. The van der Waals surface area contributed by atoms with Gasteiger partial charge >= 0.3 is 23.9 Å². The van der Waals surface area contributed by atoms with Crippen molar-refractivity contribution in [3.63, 3.8) is 0 Å². The predicted octanol–water partition coefficient (Wildman–Crippen LogP) is 4.59. The highest BCUT2D eigenvalue weighted by Crippen LogP contribution is 2.25. The van der Waals surface area contributed by atoms with Gasteiger partial charge in [-0.2, -0.15) is 0 Å². The third kappa shape index (κ3) is 9.83. The predicted molar refractivity (Wildman–Crippen MR) is 135 cm³/mol. The Balaban J connectivity index is 0.000000391. The molecule has 2 aromatic rings. The van der Waals surface area contributed by atoms with Crippen molar-refractivity contribution in [3.8, 4) is 0 Å². The molecule has 2 aromatic carbocycles. The molecule has 0 bridgehead atoms. The monoisotopic (exact) mass is 548 g/mol. The topological polar surface area (TPSA) is 202 Å². The minimum absolute atomic E-state index is 0.00786. The third-order valence-electron chi connectivity index (χ3n) is 4.29. The lowest BCUT2D eigenvalue weighted by Gasteiger charge is -2.19. The van der Waals surface area contributed by atoms with Crippen LogP contribution in [0.25, 0.3) is 0 Å². The molecule has 39 heavy (non-hydrogen) atoms. The summed E-state index contributed by atoms with van der Waals surface area (Å²) in [5.41, 5.74) is -3.41. The van der Waals surface area contributed by atoms with Crippen molar-refractivity contribution in [2.24, 2.45) is 0 Å². The van der Waals surface area contributed by atoms with Gasteiger partial charge in [-0.25, -0.2) is 19.2 Å². The first-order valence-electron chi connectivity index (χ1n) is 11.1. The highest BCUT2D eigenvalue weighted by Gasteiger charge is 2.28. The number of methoxy groups -OCH3 is 1. The van der Waals surface area contributed by atoms with E-state index in [1.54, 1.807) is 41.5 Å². The number of hydrogen-bond donors (Lipinski definition) is 1. The molecular formula is C25H28N2O12.